The van der Waals surface area contributed by atoms with Gasteiger partial charge in [0, 0.05) is 18.5 Å². The number of ether oxygens (including phenoxy) is 1. The Balaban J connectivity index is 1.56. The summed E-state index contributed by atoms with van der Waals surface area (Å²) in [6, 6.07) is 18.8. The lowest BCUT2D eigenvalue weighted by Gasteiger charge is -2.12. The molecule has 0 spiro atoms. The first-order valence-corrected chi connectivity index (χ1v) is 12.4. The fourth-order valence-corrected chi connectivity index (χ4v) is 4.41. The Morgan fingerprint density at radius 3 is 2.57 bits per heavy atom. The zero-order chi connectivity index (χ0) is 25.3. The van der Waals surface area contributed by atoms with Crippen molar-refractivity contribution in [3.8, 4) is 5.75 Å². The second-order valence-electron chi connectivity index (χ2n) is 7.73. The highest BCUT2D eigenvalue weighted by Crippen LogP contribution is 2.21. The molecule has 0 bridgehead atoms. The van der Waals surface area contributed by atoms with Crippen molar-refractivity contribution in [1.29, 1.82) is 0 Å². The first-order chi connectivity index (χ1) is 16.7. The molecule has 0 aliphatic rings. The van der Waals surface area contributed by atoms with Crippen molar-refractivity contribution in [3.63, 3.8) is 0 Å². The SMILES string of the molecule is O=C(O)CCc1ccccc1OCCC(O)/C=C/c1cccc(NS(=O)(=O)c2ccccc2F)c1. The smallest absolute Gasteiger partial charge is 0.303 e. The third kappa shape index (κ3) is 7.94. The summed E-state index contributed by atoms with van der Waals surface area (Å²) >= 11 is 0. The monoisotopic (exact) mass is 499 g/mol. The van der Waals surface area contributed by atoms with Crippen molar-refractivity contribution in [2.45, 2.75) is 30.3 Å². The van der Waals surface area contributed by atoms with Gasteiger partial charge in [0.05, 0.1) is 12.7 Å². The average molecular weight is 500 g/mol. The van der Waals surface area contributed by atoms with E-state index in [0.717, 1.165) is 11.6 Å². The van der Waals surface area contributed by atoms with Crippen molar-refractivity contribution in [3.05, 3.63) is 95.8 Å². The van der Waals surface area contributed by atoms with Gasteiger partial charge in [0.25, 0.3) is 10.0 Å². The maximum absolute atomic E-state index is 13.9. The van der Waals surface area contributed by atoms with Gasteiger partial charge in [0.2, 0.25) is 0 Å². The fourth-order valence-electron chi connectivity index (χ4n) is 3.28. The summed E-state index contributed by atoms with van der Waals surface area (Å²) < 4.78 is 46.9. The topological polar surface area (TPSA) is 113 Å². The van der Waals surface area contributed by atoms with Gasteiger partial charge in [-0.2, -0.15) is 0 Å². The van der Waals surface area contributed by atoms with Gasteiger partial charge in [-0.05, 0) is 47.9 Å². The van der Waals surface area contributed by atoms with Gasteiger partial charge in [0.15, 0.2) is 0 Å². The number of hydrogen-bond acceptors (Lipinski definition) is 5. The second-order valence-corrected chi connectivity index (χ2v) is 9.38. The van der Waals surface area contributed by atoms with E-state index >= 15 is 0 Å². The molecule has 7 nitrogen and oxygen atoms in total. The Hall–Kier alpha value is -3.69. The third-order valence-electron chi connectivity index (χ3n) is 5.03. The number of rotatable bonds is 12. The molecular formula is C26H26FNO6S. The summed E-state index contributed by atoms with van der Waals surface area (Å²) in [5.41, 5.74) is 1.68. The maximum Gasteiger partial charge on any atom is 0.303 e. The van der Waals surface area contributed by atoms with E-state index in [0.29, 0.717) is 24.2 Å². The molecule has 0 fully saturated rings. The summed E-state index contributed by atoms with van der Waals surface area (Å²) in [5, 5.41) is 19.1. The number of nitrogens with one attached hydrogen (secondary N) is 1. The molecule has 35 heavy (non-hydrogen) atoms. The molecule has 0 aliphatic heterocycles. The van der Waals surface area contributed by atoms with Crippen LogP contribution in [0.15, 0.2) is 83.8 Å². The molecule has 3 N–H and O–H groups in total. The molecule has 0 saturated heterocycles. The summed E-state index contributed by atoms with van der Waals surface area (Å²) in [5.74, 6) is -1.14. The molecular weight excluding hydrogens is 473 g/mol. The quantitative estimate of drug-likeness (QED) is 0.339. The Bertz CT molecular complexity index is 1290. The third-order valence-corrected chi connectivity index (χ3v) is 6.44. The van der Waals surface area contributed by atoms with Crippen LogP contribution >= 0.6 is 0 Å². The minimum absolute atomic E-state index is 0.00124. The van der Waals surface area contributed by atoms with E-state index in [1.807, 2.05) is 12.1 Å². The number of anilines is 1. The average Bonchev–Trinajstić information content (AvgIpc) is 2.82. The van der Waals surface area contributed by atoms with Crippen molar-refractivity contribution < 1.29 is 32.6 Å². The molecule has 1 atom stereocenters. The summed E-state index contributed by atoms with van der Waals surface area (Å²) in [7, 11) is -4.09. The zero-order valence-corrected chi connectivity index (χ0v) is 19.6. The molecule has 0 heterocycles. The Labute approximate surface area is 203 Å². The van der Waals surface area contributed by atoms with Crippen LogP contribution in [0.25, 0.3) is 6.08 Å². The summed E-state index contributed by atoms with van der Waals surface area (Å²) in [6.45, 7) is 0.220. The van der Waals surface area contributed by atoms with Gasteiger partial charge < -0.3 is 14.9 Å². The van der Waals surface area contributed by atoms with E-state index in [1.54, 1.807) is 48.6 Å². The van der Waals surface area contributed by atoms with Crippen molar-refractivity contribution in [2.75, 3.05) is 11.3 Å². The lowest BCUT2D eigenvalue weighted by atomic mass is 10.1. The van der Waals surface area contributed by atoms with Gasteiger partial charge in [-0.1, -0.05) is 54.6 Å². The largest absolute Gasteiger partial charge is 0.493 e. The highest BCUT2D eigenvalue weighted by atomic mass is 32.2. The molecule has 0 aromatic heterocycles. The number of aliphatic hydroxyl groups excluding tert-OH is 1. The van der Waals surface area contributed by atoms with Gasteiger partial charge in [0.1, 0.15) is 16.5 Å². The predicted octanol–water partition coefficient (Wildman–Crippen LogP) is 4.49. The zero-order valence-electron chi connectivity index (χ0n) is 18.8. The number of carbonyl (C=O) groups is 1. The first-order valence-electron chi connectivity index (χ1n) is 10.9. The Morgan fingerprint density at radius 2 is 1.80 bits per heavy atom. The molecule has 0 saturated carbocycles. The van der Waals surface area contributed by atoms with Crippen molar-refractivity contribution >= 4 is 27.8 Å². The molecule has 0 amide bonds. The Morgan fingerprint density at radius 1 is 1.06 bits per heavy atom. The Kier molecular flexibility index (Phi) is 8.99. The van der Waals surface area contributed by atoms with E-state index in [1.165, 1.54) is 18.2 Å². The van der Waals surface area contributed by atoms with Crippen molar-refractivity contribution in [1.82, 2.24) is 0 Å². The molecule has 3 aromatic rings. The number of carboxylic acid groups (broad SMARTS) is 1. The molecule has 3 aromatic carbocycles. The van der Waals surface area contributed by atoms with E-state index in [4.69, 9.17) is 9.84 Å². The molecule has 0 radical (unpaired) electrons. The minimum atomic E-state index is -4.09. The number of halogens is 1. The maximum atomic E-state index is 13.9. The van der Waals surface area contributed by atoms with Gasteiger partial charge in [-0.25, -0.2) is 12.8 Å². The normalized spacial score (nSPS) is 12.4. The predicted molar refractivity (Wildman–Crippen MR) is 131 cm³/mol. The van der Waals surface area contributed by atoms with Gasteiger partial charge in [-0.3, -0.25) is 9.52 Å². The number of sulfonamides is 1. The summed E-state index contributed by atoms with van der Waals surface area (Å²) in [6.07, 6.45) is 3.03. The number of benzene rings is 3. The van der Waals surface area contributed by atoms with E-state index in [9.17, 15) is 22.7 Å². The number of aryl methyl sites for hydroxylation is 1. The van der Waals surface area contributed by atoms with E-state index in [-0.39, 0.29) is 18.7 Å². The van der Waals surface area contributed by atoms with Crippen LogP contribution in [0.4, 0.5) is 10.1 Å². The number of aliphatic hydroxyl groups is 1. The number of para-hydroxylation sites is 1. The molecule has 0 aliphatic carbocycles. The van der Waals surface area contributed by atoms with Crippen molar-refractivity contribution in [2.24, 2.45) is 0 Å². The lowest BCUT2D eigenvalue weighted by molar-refractivity contribution is -0.136. The van der Waals surface area contributed by atoms with Crippen LogP contribution in [0.1, 0.15) is 24.0 Å². The highest BCUT2D eigenvalue weighted by Gasteiger charge is 2.18. The van der Waals surface area contributed by atoms with E-state index in [2.05, 4.69) is 4.72 Å². The summed E-state index contributed by atoms with van der Waals surface area (Å²) in [4.78, 5) is 10.4. The van der Waals surface area contributed by atoms with Crippen LogP contribution in [0, 0.1) is 5.82 Å². The molecule has 9 heteroatoms. The van der Waals surface area contributed by atoms with Gasteiger partial charge in [-0.15, -0.1) is 0 Å². The van der Waals surface area contributed by atoms with Crippen LogP contribution < -0.4 is 9.46 Å². The fraction of sp³-hybridized carbons (Fsp3) is 0.192. The van der Waals surface area contributed by atoms with Crippen LogP contribution in [-0.4, -0.2) is 37.3 Å². The lowest BCUT2D eigenvalue weighted by Crippen LogP contribution is -2.14. The highest BCUT2D eigenvalue weighted by molar-refractivity contribution is 7.92. The number of aliphatic carboxylic acids is 1. The molecule has 1 unspecified atom stereocenters. The van der Waals surface area contributed by atoms with Crippen LogP contribution in [0.3, 0.4) is 0 Å². The van der Waals surface area contributed by atoms with Crippen LogP contribution in [0.2, 0.25) is 0 Å². The van der Waals surface area contributed by atoms with E-state index < -0.39 is 32.8 Å². The minimum Gasteiger partial charge on any atom is -0.493 e. The molecule has 3 rings (SSSR count). The van der Waals surface area contributed by atoms with Crippen LogP contribution in [-0.2, 0) is 21.2 Å². The molecule has 184 valence electrons. The van der Waals surface area contributed by atoms with Gasteiger partial charge >= 0.3 is 5.97 Å². The second kappa shape index (κ2) is 12.1. The first kappa shape index (κ1) is 25.9. The standard InChI is InChI=1S/C26H26FNO6S/c27-23-9-2-4-11-25(23)35(32,33)28-21-8-5-6-19(18-21)12-14-22(29)16-17-34-24-10-3-1-7-20(24)13-15-26(30)31/h1-12,14,18,22,28-29H,13,15-17H2,(H,30,31)/b14-12+. The number of carboxylic acids is 1. The number of hydrogen-bond donors (Lipinski definition) is 3. The van der Waals surface area contributed by atoms with Crippen LogP contribution in [0.5, 0.6) is 5.75 Å².